The fourth-order valence-corrected chi connectivity index (χ4v) is 2.03. The molecule has 1 aromatic rings. The van der Waals surface area contributed by atoms with Crippen molar-refractivity contribution in [3.8, 4) is 0 Å². The van der Waals surface area contributed by atoms with Gasteiger partial charge in [-0.15, -0.1) is 11.3 Å². The van der Waals surface area contributed by atoms with Gasteiger partial charge < -0.3 is 16.2 Å². The maximum atomic E-state index is 11.7. The zero-order chi connectivity index (χ0) is 12.1. The molecule has 0 aliphatic heterocycles. The first-order valence-corrected chi connectivity index (χ1v) is 6.04. The second-order valence-electron chi connectivity index (χ2n) is 3.79. The van der Waals surface area contributed by atoms with Crippen molar-refractivity contribution in [1.29, 1.82) is 0 Å². The molecule has 2 atom stereocenters. The van der Waals surface area contributed by atoms with Crippen molar-refractivity contribution in [1.82, 2.24) is 10.3 Å². The molecule has 0 aliphatic carbocycles. The van der Waals surface area contributed by atoms with E-state index in [-0.39, 0.29) is 11.9 Å². The molecule has 0 aromatic carbocycles. The summed E-state index contributed by atoms with van der Waals surface area (Å²) in [5.41, 5.74) is 5.81. The Labute approximate surface area is 98.7 Å². The molecule has 1 heterocycles. The SMILES string of the molecule is CC(O)CC(C)NC(=O)c1csc(CN)n1. The lowest BCUT2D eigenvalue weighted by Crippen LogP contribution is -2.34. The zero-order valence-corrected chi connectivity index (χ0v) is 10.3. The normalized spacial score (nSPS) is 14.5. The van der Waals surface area contributed by atoms with Crippen LogP contribution in [-0.2, 0) is 6.54 Å². The van der Waals surface area contributed by atoms with Crippen molar-refractivity contribution in [2.75, 3.05) is 0 Å². The topological polar surface area (TPSA) is 88.2 Å². The molecule has 0 saturated carbocycles. The summed E-state index contributed by atoms with van der Waals surface area (Å²) in [5, 5.41) is 14.4. The molecule has 4 N–H and O–H groups in total. The maximum Gasteiger partial charge on any atom is 0.270 e. The number of hydrogen-bond donors (Lipinski definition) is 3. The Kier molecular flexibility index (Phi) is 4.85. The number of aliphatic hydroxyl groups excluding tert-OH is 1. The van der Waals surface area contributed by atoms with Crippen molar-refractivity contribution < 1.29 is 9.90 Å². The first-order valence-electron chi connectivity index (χ1n) is 5.16. The van der Waals surface area contributed by atoms with Crippen LogP contribution in [0, 0.1) is 0 Å². The number of nitrogens with two attached hydrogens (primary N) is 1. The van der Waals surface area contributed by atoms with Crippen LogP contribution < -0.4 is 11.1 Å². The molecule has 0 saturated heterocycles. The van der Waals surface area contributed by atoms with Crippen molar-refractivity contribution in [3.05, 3.63) is 16.1 Å². The number of thiazole rings is 1. The maximum absolute atomic E-state index is 11.7. The first-order chi connectivity index (χ1) is 7.52. The smallest absolute Gasteiger partial charge is 0.270 e. The number of rotatable bonds is 5. The van der Waals surface area contributed by atoms with E-state index < -0.39 is 6.10 Å². The molecular weight excluding hydrogens is 226 g/mol. The van der Waals surface area contributed by atoms with Crippen molar-refractivity contribution >= 4 is 17.2 Å². The molecule has 1 aromatic heterocycles. The van der Waals surface area contributed by atoms with Crippen LogP contribution in [0.4, 0.5) is 0 Å². The number of carbonyl (C=O) groups is 1. The van der Waals surface area contributed by atoms with Gasteiger partial charge in [-0.25, -0.2) is 4.98 Å². The Morgan fingerprint density at radius 3 is 2.88 bits per heavy atom. The van der Waals surface area contributed by atoms with Gasteiger partial charge in [0.25, 0.3) is 5.91 Å². The lowest BCUT2D eigenvalue weighted by atomic mass is 10.1. The summed E-state index contributed by atoms with van der Waals surface area (Å²) in [6.45, 7) is 3.89. The molecule has 0 spiro atoms. The molecule has 0 aliphatic rings. The molecule has 16 heavy (non-hydrogen) atoms. The molecular formula is C10H17N3O2S. The highest BCUT2D eigenvalue weighted by molar-refractivity contribution is 7.09. The van der Waals surface area contributed by atoms with Crippen molar-refractivity contribution in [3.63, 3.8) is 0 Å². The first kappa shape index (κ1) is 13.1. The fraction of sp³-hybridized carbons (Fsp3) is 0.600. The summed E-state index contributed by atoms with van der Waals surface area (Å²) >= 11 is 1.37. The minimum Gasteiger partial charge on any atom is -0.393 e. The van der Waals surface area contributed by atoms with Gasteiger partial charge in [0.05, 0.1) is 6.10 Å². The monoisotopic (exact) mass is 243 g/mol. The van der Waals surface area contributed by atoms with E-state index in [0.717, 1.165) is 5.01 Å². The third-order valence-electron chi connectivity index (χ3n) is 2.03. The molecule has 1 amide bonds. The van der Waals surface area contributed by atoms with E-state index in [2.05, 4.69) is 10.3 Å². The Hall–Kier alpha value is -0.980. The van der Waals surface area contributed by atoms with Crippen LogP contribution in [0.1, 0.15) is 35.8 Å². The summed E-state index contributed by atoms with van der Waals surface area (Å²) < 4.78 is 0. The zero-order valence-electron chi connectivity index (χ0n) is 9.43. The third kappa shape index (κ3) is 3.88. The van der Waals surface area contributed by atoms with Gasteiger partial charge in [-0.3, -0.25) is 4.79 Å². The predicted molar refractivity (Wildman–Crippen MR) is 63.2 cm³/mol. The largest absolute Gasteiger partial charge is 0.393 e. The van der Waals surface area contributed by atoms with E-state index in [1.165, 1.54) is 11.3 Å². The van der Waals surface area contributed by atoms with E-state index in [1.807, 2.05) is 6.92 Å². The Bertz CT molecular complexity index is 352. The van der Waals surface area contributed by atoms with E-state index in [1.54, 1.807) is 12.3 Å². The minimum atomic E-state index is -0.426. The average molecular weight is 243 g/mol. The quantitative estimate of drug-likeness (QED) is 0.702. The molecule has 0 fully saturated rings. The van der Waals surface area contributed by atoms with Gasteiger partial charge in [-0.05, 0) is 20.3 Å². The predicted octanol–water partition coefficient (Wildman–Crippen LogP) is 0.491. The minimum absolute atomic E-state index is 0.0736. The van der Waals surface area contributed by atoms with Gasteiger partial charge >= 0.3 is 0 Å². The highest BCUT2D eigenvalue weighted by Gasteiger charge is 2.14. The summed E-state index contributed by atoms with van der Waals surface area (Å²) in [5.74, 6) is -0.218. The molecule has 0 bridgehead atoms. The van der Waals surface area contributed by atoms with Crippen LogP contribution in [0.2, 0.25) is 0 Å². The highest BCUT2D eigenvalue weighted by atomic mass is 32.1. The van der Waals surface area contributed by atoms with E-state index in [4.69, 9.17) is 10.8 Å². The van der Waals surface area contributed by atoms with Crippen LogP contribution in [-0.4, -0.2) is 28.1 Å². The Morgan fingerprint density at radius 1 is 1.69 bits per heavy atom. The number of nitrogens with zero attached hydrogens (tertiary/aromatic N) is 1. The van der Waals surface area contributed by atoms with Crippen molar-refractivity contribution in [2.45, 2.75) is 39.0 Å². The molecule has 1 rings (SSSR count). The van der Waals surface area contributed by atoms with Gasteiger partial charge in [0.2, 0.25) is 0 Å². The van der Waals surface area contributed by atoms with E-state index >= 15 is 0 Å². The Balaban J connectivity index is 2.51. The van der Waals surface area contributed by atoms with Crippen LogP contribution >= 0.6 is 11.3 Å². The number of aliphatic hydroxyl groups is 1. The highest BCUT2D eigenvalue weighted by Crippen LogP contribution is 2.09. The van der Waals surface area contributed by atoms with Gasteiger partial charge in [-0.2, -0.15) is 0 Å². The van der Waals surface area contributed by atoms with Crippen LogP contribution in [0.25, 0.3) is 0 Å². The van der Waals surface area contributed by atoms with Crippen LogP contribution in [0.5, 0.6) is 0 Å². The average Bonchev–Trinajstić information content (AvgIpc) is 2.64. The fourth-order valence-electron chi connectivity index (χ4n) is 1.38. The number of hydrogen-bond acceptors (Lipinski definition) is 5. The van der Waals surface area contributed by atoms with Gasteiger partial charge in [-0.1, -0.05) is 0 Å². The van der Waals surface area contributed by atoms with Gasteiger partial charge in [0.1, 0.15) is 10.7 Å². The van der Waals surface area contributed by atoms with E-state index in [9.17, 15) is 4.79 Å². The van der Waals surface area contributed by atoms with E-state index in [0.29, 0.717) is 18.7 Å². The molecule has 5 nitrogen and oxygen atoms in total. The summed E-state index contributed by atoms with van der Waals surface area (Å²) in [6, 6.07) is -0.0736. The third-order valence-corrected chi connectivity index (χ3v) is 2.90. The second kappa shape index (κ2) is 5.93. The van der Waals surface area contributed by atoms with Crippen LogP contribution in [0.15, 0.2) is 5.38 Å². The number of carbonyl (C=O) groups excluding carboxylic acids is 1. The summed E-state index contributed by atoms with van der Waals surface area (Å²) in [7, 11) is 0. The van der Waals surface area contributed by atoms with Gasteiger partial charge in [0.15, 0.2) is 0 Å². The second-order valence-corrected chi connectivity index (χ2v) is 4.73. The molecule has 6 heteroatoms. The Morgan fingerprint density at radius 2 is 2.38 bits per heavy atom. The lowest BCUT2D eigenvalue weighted by Gasteiger charge is -2.14. The van der Waals surface area contributed by atoms with Crippen molar-refractivity contribution in [2.24, 2.45) is 5.73 Å². The summed E-state index contributed by atoms with van der Waals surface area (Å²) in [4.78, 5) is 15.8. The standard InChI is InChI=1S/C10H17N3O2S/c1-6(3-7(2)14)12-10(15)8-5-16-9(4-11)13-8/h5-7,14H,3-4,11H2,1-2H3,(H,12,15). The number of aromatic nitrogens is 1. The van der Waals surface area contributed by atoms with Crippen LogP contribution in [0.3, 0.4) is 0 Å². The lowest BCUT2D eigenvalue weighted by molar-refractivity contribution is 0.0918. The van der Waals surface area contributed by atoms with Gasteiger partial charge in [0, 0.05) is 18.0 Å². The molecule has 90 valence electrons. The number of nitrogens with one attached hydrogen (secondary N) is 1. The number of amides is 1. The molecule has 2 unspecified atom stereocenters. The molecule has 0 radical (unpaired) electrons. The summed E-state index contributed by atoms with van der Waals surface area (Å²) in [6.07, 6.45) is 0.102.